The highest BCUT2D eigenvalue weighted by Crippen LogP contribution is 2.12. The maximum Gasteiger partial charge on any atom is 0.303 e. The lowest BCUT2D eigenvalue weighted by atomic mass is 10.1. The van der Waals surface area contributed by atoms with E-state index in [1.165, 1.54) is 4.90 Å². The molecule has 0 bridgehead atoms. The number of piperazine rings is 1. The summed E-state index contributed by atoms with van der Waals surface area (Å²) in [5, 5.41) is 10.6. The predicted molar refractivity (Wildman–Crippen MR) is 60.4 cm³/mol. The molecule has 1 unspecified atom stereocenters. The first-order valence-electron chi connectivity index (χ1n) is 5.80. The van der Waals surface area contributed by atoms with Gasteiger partial charge in [-0.05, 0) is 12.8 Å². The first-order valence-corrected chi connectivity index (χ1v) is 5.80. The van der Waals surface area contributed by atoms with Crippen LogP contribution >= 0.6 is 0 Å². The number of nitrogens with one attached hydrogen (secondary N) is 1. The number of hydrogen-bond acceptors (Lipinski definition) is 4. The molecule has 7 heteroatoms. The molecule has 1 atom stereocenters. The van der Waals surface area contributed by atoms with Gasteiger partial charge in [0.1, 0.15) is 12.6 Å². The molecule has 0 aromatic carbocycles. The van der Waals surface area contributed by atoms with Crippen molar-refractivity contribution >= 4 is 23.7 Å². The van der Waals surface area contributed by atoms with E-state index >= 15 is 0 Å². The lowest BCUT2D eigenvalue weighted by Crippen LogP contribution is -2.59. The molecule has 3 amide bonds. The first kappa shape index (κ1) is 14.1. The second kappa shape index (κ2) is 6.13. The van der Waals surface area contributed by atoms with Crippen LogP contribution in [0.2, 0.25) is 0 Å². The first-order chi connectivity index (χ1) is 8.45. The number of carbonyl (C=O) groups excluding carboxylic acids is 3. The Morgan fingerprint density at radius 1 is 1.39 bits per heavy atom. The van der Waals surface area contributed by atoms with Gasteiger partial charge in [-0.25, -0.2) is 0 Å². The number of nitrogens with zero attached hydrogens (tertiary/aromatic N) is 1. The number of amides is 3. The Hall–Kier alpha value is -1.92. The third kappa shape index (κ3) is 3.54. The molecule has 0 aromatic heterocycles. The van der Waals surface area contributed by atoms with Gasteiger partial charge in [0.15, 0.2) is 0 Å². The Bertz CT molecular complexity index is 380. The van der Waals surface area contributed by atoms with Gasteiger partial charge in [-0.1, -0.05) is 6.92 Å². The van der Waals surface area contributed by atoms with Crippen molar-refractivity contribution < 1.29 is 24.3 Å². The van der Waals surface area contributed by atoms with Gasteiger partial charge < -0.3 is 10.0 Å². The molecule has 100 valence electrons. The highest BCUT2D eigenvalue weighted by atomic mass is 16.4. The normalized spacial score (nSPS) is 19.6. The number of hydrogen-bond donors (Lipinski definition) is 2. The van der Waals surface area contributed by atoms with Crippen LogP contribution in [0.4, 0.5) is 0 Å². The van der Waals surface area contributed by atoms with Gasteiger partial charge in [0.2, 0.25) is 17.7 Å². The van der Waals surface area contributed by atoms with E-state index in [1.807, 2.05) is 0 Å². The van der Waals surface area contributed by atoms with Crippen molar-refractivity contribution in [1.82, 2.24) is 10.2 Å². The summed E-state index contributed by atoms with van der Waals surface area (Å²) in [6.45, 7) is 1.60. The average Bonchev–Trinajstić information content (AvgIpc) is 2.27. The van der Waals surface area contributed by atoms with E-state index in [1.54, 1.807) is 6.92 Å². The molecule has 1 rings (SSSR count). The third-order valence-corrected chi connectivity index (χ3v) is 2.74. The summed E-state index contributed by atoms with van der Waals surface area (Å²) in [4.78, 5) is 46.1. The molecule has 0 aromatic rings. The van der Waals surface area contributed by atoms with Crippen molar-refractivity contribution in [2.24, 2.45) is 0 Å². The molecule has 7 nitrogen and oxygen atoms in total. The van der Waals surface area contributed by atoms with Gasteiger partial charge in [0.05, 0.1) is 0 Å². The van der Waals surface area contributed by atoms with E-state index in [4.69, 9.17) is 5.11 Å². The standard InChI is InChI=1S/C11H16N2O5/c1-2-7-11(18)12-8(14)6-13(7)9(15)4-3-5-10(16)17/h7H,2-6H2,1H3,(H,16,17)(H,12,14,18). The molecule has 18 heavy (non-hydrogen) atoms. The Balaban J connectivity index is 2.60. The Morgan fingerprint density at radius 2 is 2.06 bits per heavy atom. The molecule has 0 saturated carbocycles. The topological polar surface area (TPSA) is 104 Å². The second-order valence-corrected chi connectivity index (χ2v) is 4.11. The van der Waals surface area contributed by atoms with Crippen molar-refractivity contribution in [3.05, 3.63) is 0 Å². The van der Waals surface area contributed by atoms with Gasteiger partial charge in [0, 0.05) is 12.8 Å². The molecular weight excluding hydrogens is 240 g/mol. The fraction of sp³-hybridized carbons (Fsp3) is 0.636. The summed E-state index contributed by atoms with van der Waals surface area (Å²) >= 11 is 0. The van der Waals surface area contributed by atoms with Crippen molar-refractivity contribution in [2.75, 3.05) is 6.54 Å². The lowest BCUT2D eigenvalue weighted by molar-refractivity contribution is -0.150. The van der Waals surface area contributed by atoms with Crippen molar-refractivity contribution in [3.63, 3.8) is 0 Å². The molecule has 0 radical (unpaired) electrons. The quantitative estimate of drug-likeness (QED) is 0.646. The number of aliphatic carboxylic acids is 1. The highest BCUT2D eigenvalue weighted by Gasteiger charge is 2.34. The van der Waals surface area contributed by atoms with Crippen molar-refractivity contribution in [2.45, 2.75) is 38.6 Å². The van der Waals surface area contributed by atoms with Gasteiger partial charge >= 0.3 is 5.97 Å². The van der Waals surface area contributed by atoms with E-state index in [0.717, 1.165) is 0 Å². The predicted octanol–water partition coefficient (Wildman–Crippen LogP) is -0.495. The molecule has 2 N–H and O–H groups in total. The number of carboxylic acid groups (broad SMARTS) is 1. The van der Waals surface area contributed by atoms with E-state index < -0.39 is 23.8 Å². The fourth-order valence-corrected chi connectivity index (χ4v) is 1.87. The summed E-state index contributed by atoms with van der Waals surface area (Å²) in [5.74, 6) is -2.30. The Kier molecular flexibility index (Phi) is 4.82. The Morgan fingerprint density at radius 3 is 2.61 bits per heavy atom. The van der Waals surface area contributed by atoms with Crippen LogP contribution in [0.3, 0.4) is 0 Å². The van der Waals surface area contributed by atoms with Gasteiger partial charge in [-0.2, -0.15) is 0 Å². The van der Waals surface area contributed by atoms with Gasteiger partial charge in [0.25, 0.3) is 0 Å². The zero-order chi connectivity index (χ0) is 13.7. The minimum absolute atomic E-state index is 0.0311. The maximum absolute atomic E-state index is 11.8. The SMILES string of the molecule is CCC1C(=O)NC(=O)CN1C(=O)CCCC(=O)O. The zero-order valence-corrected chi connectivity index (χ0v) is 10.1. The van der Waals surface area contributed by atoms with Crippen LogP contribution in [0.5, 0.6) is 0 Å². The number of carbonyl (C=O) groups is 4. The van der Waals surface area contributed by atoms with E-state index in [2.05, 4.69) is 5.32 Å². The summed E-state index contributed by atoms with van der Waals surface area (Å²) in [6.07, 6.45) is 0.556. The third-order valence-electron chi connectivity index (χ3n) is 2.74. The highest BCUT2D eigenvalue weighted by molar-refractivity contribution is 6.04. The minimum atomic E-state index is -0.970. The maximum atomic E-state index is 11.8. The molecule has 1 fully saturated rings. The van der Waals surface area contributed by atoms with Crippen LogP contribution in [0.25, 0.3) is 0 Å². The van der Waals surface area contributed by atoms with Crippen LogP contribution in [-0.4, -0.2) is 46.3 Å². The van der Waals surface area contributed by atoms with Crippen LogP contribution in [-0.2, 0) is 19.2 Å². The smallest absolute Gasteiger partial charge is 0.303 e. The lowest BCUT2D eigenvalue weighted by Gasteiger charge is -2.33. The molecule has 0 spiro atoms. The summed E-state index contributed by atoms with van der Waals surface area (Å²) in [5.41, 5.74) is 0. The van der Waals surface area contributed by atoms with Crippen molar-refractivity contribution in [1.29, 1.82) is 0 Å². The number of imide groups is 1. The summed E-state index contributed by atoms with van der Waals surface area (Å²) < 4.78 is 0. The minimum Gasteiger partial charge on any atom is -0.481 e. The second-order valence-electron chi connectivity index (χ2n) is 4.11. The van der Waals surface area contributed by atoms with Crippen molar-refractivity contribution in [3.8, 4) is 0 Å². The van der Waals surface area contributed by atoms with Crippen LogP contribution in [0.1, 0.15) is 32.6 Å². The number of rotatable bonds is 5. The van der Waals surface area contributed by atoms with Gasteiger partial charge in [-0.3, -0.25) is 24.5 Å². The molecule has 0 aliphatic carbocycles. The molecular formula is C11H16N2O5. The Labute approximate surface area is 104 Å². The molecule has 1 aliphatic heterocycles. The van der Waals surface area contributed by atoms with E-state index in [9.17, 15) is 19.2 Å². The van der Waals surface area contributed by atoms with E-state index in [-0.39, 0.29) is 31.7 Å². The van der Waals surface area contributed by atoms with Crippen LogP contribution < -0.4 is 5.32 Å². The van der Waals surface area contributed by atoms with Gasteiger partial charge in [-0.15, -0.1) is 0 Å². The largest absolute Gasteiger partial charge is 0.481 e. The molecule has 1 heterocycles. The monoisotopic (exact) mass is 256 g/mol. The number of carboxylic acids is 1. The molecule has 1 aliphatic rings. The zero-order valence-electron chi connectivity index (χ0n) is 10.1. The molecule has 1 saturated heterocycles. The van der Waals surface area contributed by atoms with E-state index in [0.29, 0.717) is 6.42 Å². The average molecular weight is 256 g/mol. The van der Waals surface area contributed by atoms with Crippen LogP contribution in [0, 0.1) is 0 Å². The summed E-state index contributed by atoms with van der Waals surface area (Å²) in [6, 6.07) is -0.639. The summed E-state index contributed by atoms with van der Waals surface area (Å²) in [7, 11) is 0. The fourth-order valence-electron chi connectivity index (χ4n) is 1.87. The van der Waals surface area contributed by atoms with Crippen LogP contribution in [0.15, 0.2) is 0 Å².